The number of carbonyl (C=O) groups is 2. The lowest BCUT2D eigenvalue weighted by Gasteiger charge is -2.25. The number of nitriles is 1. The van der Waals surface area contributed by atoms with Gasteiger partial charge in [0.2, 0.25) is 0 Å². The summed E-state index contributed by atoms with van der Waals surface area (Å²) in [5.74, 6) is -0.433. The van der Waals surface area contributed by atoms with Gasteiger partial charge in [-0.1, -0.05) is 12.1 Å². The van der Waals surface area contributed by atoms with Crippen molar-refractivity contribution in [2.75, 3.05) is 13.7 Å². The zero-order chi connectivity index (χ0) is 15.4. The predicted octanol–water partition coefficient (Wildman–Crippen LogP) is 0.845. The SMILES string of the molecule is CN1C(=O)/C(=C/c2ccc(OCC#N)cc2)C(=O)NC1=S. The second-order valence-electron chi connectivity index (χ2n) is 4.20. The van der Waals surface area contributed by atoms with Crippen LogP contribution in [0.25, 0.3) is 6.08 Å². The molecule has 1 heterocycles. The van der Waals surface area contributed by atoms with Crippen molar-refractivity contribution in [2.24, 2.45) is 0 Å². The molecular weight excluding hydrogens is 290 g/mol. The Morgan fingerprint density at radius 1 is 1.38 bits per heavy atom. The quantitative estimate of drug-likeness (QED) is 0.508. The van der Waals surface area contributed by atoms with Crippen molar-refractivity contribution < 1.29 is 14.3 Å². The number of nitrogens with one attached hydrogen (secondary N) is 1. The van der Waals surface area contributed by atoms with Crippen molar-refractivity contribution in [2.45, 2.75) is 0 Å². The summed E-state index contributed by atoms with van der Waals surface area (Å²) in [7, 11) is 1.50. The summed E-state index contributed by atoms with van der Waals surface area (Å²) in [6.45, 7) is -0.0381. The first kappa shape index (κ1) is 14.7. The number of likely N-dealkylation sites (N-methyl/N-ethyl adjacent to an activating group) is 1. The zero-order valence-electron chi connectivity index (χ0n) is 11.1. The second-order valence-corrected chi connectivity index (χ2v) is 4.58. The standard InChI is InChI=1S/C14H11N3O3S/c1-17-13(19)11(12(18)16-14(17)21)8-9-2-4-10(5-3-9)20-7-6-15/h2-5,8H,7H2,1H3,(H,16,18,21)/b11-8+. The van der Waals surface area contributed by atoms with E-state index in [4.69, 9.17) is 22.2 Å². The number of benzene rings is 1. The van der Waals surface area contributed by atoms with E-state index in [1.165, 1.54) is 18.0 Å². The number of rotatable bonds is 3. The Morgan fingerprint density at radius 2 is 2.05 bits per heavy atom. The fourth-order valence-electron chi connectivity index (χ4n) is 1.69. The fourth-order valence-corrected chi connectivity index (χ4v) is 1.86. The van der Waals surface area contributed by atoms with E-state index in [2.05, 4.69) is 5.32 Å². The average molecular weight is 301 g/mol. The predicted molar refractivity (Wildman–Crippen MR) is 79.0 cm³/mol. The number of hydrogen-bond donors (Lipinski definition) is 1. The molecule has 6 nitrogen and oxygen atoms in total. The van der Waals surface area contributed by atoms with E-state index in [0.29, 0.717) is 11.3 Å². The Kier molecular flexibility index (Phi) is 4.30. The molecule has 0 radical (unpaired) electrons. The second kappa shape index (κ2) is 6.15. The van der Waals surface area contributed by atoms with Gasteiger partial charge in [0.25, 0.3) is 11.8 Å². The molecular formula is C14H11N3O3S. The first-order valence-electron chi connectivity index (χ1n) is 5.98. The van der Waals surface area contributed by atoms with Crippen molar-refractivity contribution >= 4 is 35.2 Å². The van der Waals surface area contributed by atoms with Gasteiger partial charge in [0.05, 0.1) is 0 Å². The average Bonchev–Trinajstić information content (AvgIpc) is 2.48. The zero-order valence-corrected chi connectivity index (χ0v) is 11.9. The van der Waals surface area contributed by atoms with Crippen molar-refractivity contribution in [3.63, 3.8) is 0 Å². The van der Waals surface area contributed by atoms with E-state index >= 15 is 0 Å². The van der Waals surface area contributed by atoms with E-state index < -0.39 is 11.8 Å². The molecule has 0 aromatic heterocycles. The van der Waals surface area contributed by atoms with E-state index in [1.54, 1.807) is 24.3 Å². The number of ether oxygens (including phenoxy) is 1. The highest BCUT2D eigenvalue weighted by Crippen LogP contribution is 2.17. The van der Waals surface area contributed by atoms with Gasteiger partial charge in [-0.25, -0.2) is 0 Å². The van der Waals surface area contributed by atoms with Gasteiger partial charge in [-0.3, -0.25) is 19.8 Å². The summed E-state index contributed by atoms with van der Waals surface area (Å²) in [4.78, 5) is 25.0. The molecule has 2 amide bonds. The monoisotopic (exact) mass is 301 g/mol. The molecule has 1 aromatic rings. The molecule has 0 aliphatic carbocycles. The minimum Gasteiger partial charge on any atom is -0.479 e. The molecule has 1 fully saturated rings. The van der Waals surface area contributed by atoms with Crippen LogP contribution in [0.4, 0.5) is 0 Å². The number of hydrogen-bond acceptors (Lipinski definition) is 5. The molecule has 0 saturated carbocycles. The van der Waals surface area contributed by atoms with Crippen LogP contribution in [0.2, 0.25) is 0 Å². The van der Waals surface area contributed by atoms with E-state index in [0.717, 1.165) is 0 Å². The van der Waals surface area contributed by atoms with Crippen LogP contribution in [0.15, 0.2) is 29.8 Å². The summed E-state index contributed by atoms with van der Waals surface area (Å²) in [5.41, 5.74) is 0.677. The first-order valence-corrected chi connectivity index (χ1v) is 6.38. The third kappa shape index (κ3) is 3.24. The third-order valence-electron chi connectivity index (χ3n) is 2.80. The van der Waals surface area contributed by atoms with Crippen LogP contribution in [-0.2, 0) is 9.59 Å². The van der Waals surface area contributed by atoms with E-state index in [9.17, 15) is 9.59 Å². The molecule has 1 N–H and O–H groups in total. The molecule has 0 atom stereocenters. The number of thiocarbonyl (C=S) groups is 1. The smallest absolute Gasteiger partial charge is 0.265 e. The third-order valence-corrected chi connectivity index (χ3v) is 3.18. The molecule has 1 aliphatic rings. The van der Waals surface area contributed by atoms with Gasteiger partial charge in [-0.05, 0) is 36.0 Å². The molecule has 21 heavy (non-hydrogen) atoms. The lowest BCUT2D eigenvalue weighted by molar-refractivity contribution is -0.128. The number of amides is 2. The van der Waals surface area contributed by atoms with Crippen LogP contribution >= 0.6 is 12.2 Å². The molecule has 0 unspecified atom stereocenters. The van der Waals surface area contributed by atoms with Crippen molar-refractivity contribution in [3.8, 4) is 11.8 Å². The Morgan fingerprint density at radius 3 is 2.67 bits per heavy atom. The Labute approximate surface area is 126 Å². The highest BCUT2D eigenvalue weighted by atomic mass is 32.1. The summed E-state index contributed by atoms with van der Waals surface area (Å²) in [6.07, 6.45) is 1.48. The van der Waals surface area contributed by atoms with Gasteiger partial charge in [0, 0.05) is 7.05 Å². The van der Waals surface area contributed by atoms with Crippen molar-refractivity contribution in [1.82, 2.24) is 10.2 Å². The minimum absolute atomic E-state index is 0.0109. The van der Waals surface area contributed by atoms with Crippen LogP contribution < -0.4 is 10.1 Å². The van der Waals surface area contributed by atoms with Gasteiger partial charge in [-0.15, -0.1) is 0 Å². The minimum atomic E-state index is -0.520. The molecule has 2 rings (SSSR count). The topological polar surface area (TPSA) is 82.4 Å². The Bertz CT molecular complexity index is 674. The highest BCUT2D eigenvalue weighted by Gasteiger charge is 2.30. The lowest BCUT2D eigenvalue weighted by Crippen LogP contribution is -2.52. The normalized spacial score (nSPS) is 16.7. The van der Waals surface area contributed by atoms with Gasteiger partial charge >= 0.3 is 0 Å². The van der Waals surface area contributed by atoms with Crippen molar-refractivity contribution in [1.29, 1.82) is 5.26 Å². The Hall–Kier alpha value is -2.72. The van der Waals surface area contributed by atoms with Crippen LogP contribution in [0.5, 0.6) is 5.75 Å². The van der Waals surface area contributed by atoms with E-state index in [-0.39, 0.29) is 17.3 Å². The highest BCUT2D eigenvalue weighted by molar-refractivity contribution is 7.80. The van der Waals surface area contributed by atoms with Crippen molar-refractivity contribution in [3.05, 3.63) is 35.4 Å². The first-order chi connectivity index (χ1) is 10.0. The maximum absolute atomic E-state index is 12.0. The molecule has 1 saturated heterocycles. The largest absolute Gasteiger partial charge is 0.479 e. The summed E-state index contributed by atoms with van der Waals surface area (Å²) >= 11 is 4.86. The summed E-state index contributed by atoms with van der Waals surface area (Å²) in [6, 6.07) is 8.56. The number of carbonyl (C=O) groups excluding carboxylic acids is 2. The maximum Gasteiger partial charge on any atom is 0.265 e. The van der Waals surface area contributed by atoms with E-state index in [1.807, 2.05) is 6.07 Å². The maximum atomic E-state index is 12.0. The molecule has 7 heteroatoms. The molecule has 1 aliphatic heterocycles. The molecule has 0 spiro atoms. The lowest BCUT2D eigenvalue weighted by atomic mass is 10.1. The van der Waals surface area contributed by atoms with Gasteiger partial charge in [0.1, 0.15) is 17.4 Å². The van der Waals surface area contributed by atoms with Crippen LogP contribution in [-0.4, -0.2) is 35.5 Å². The fraction of sp³-hybridized carbons (Fsp3) is 0.143. The van der Waals surface area contributed by atoms with Crippen LogP contribution in [0, 0.1) is 11.3 Å². The van der Waals surface area contributed by atoms with Gasteiger partial charge in [0.15, 0.2) is 11.7 Å². The van der Waals surface area contributed by atoms with Gasteiger partial charge < -0.3 is 4.74 Å². The molecule has 0 bridgehead atoms. The number of nitrogens with zero attached hydrogens (tertiary/aromatic N) is 2. The molecule has 106 valence electrons. The summed E-state index contributed by atoms with van der Waals surface area (Å²) in [5, 5.41) is 10.9. The van der Waals surface area contributed by atoms with Crippen LogP contribution in [0.1, 0.15) is 5.56 Å². The molecule has 1 aromatic carbocycles. The Balaban J connectivity index is 2.22. The summed E-state index contributed by atoms with van der Waals surface area (Å²) < 4.78 is 5.12. The van der Waals surface area contributed by atoms with Crippen LogP contribution in [0.3, 0.4) is 0 Å². The van der Waals surface area contributed by atoms with Gasteiger partial charge in [-0.2, -0.15) is 5.26 Å².